The fourth-order valence-electron chi connectivity index (χ4n) is 4.78. The third-order valence-electron chi connectivity index (χ3n) is 6.87. The fraction of sp³-hybridized carbons (Fsp3) is 0.214. The van der Waals surface area contributed by atoms with Gasteiger partial charge in [0.2, 0.25) is 0 Å². The van der Waals surface area contributed by atoms with Crippen LogP contribution in [0.15, 0.2) is 58.8 Å². The number of fused-ring (bicyclic) bond motifs is 3. The number of nitrogens with one attached hydrogen (secondary N) is 1. The molecule has 0 amide bonds. The second kappa shape index (κ2) is 8.70. The van der Waals surface area contributed by atoms with Gasteiger partial charge in [0.1, 0.15) is 39.0 Å². The van der Waals surface area contributed by atoms with Gasteiger partial charge >= 0.3 is 0 Å². The number of hydrogen-bond acceptors (Lipinski definition) is 9. The number of rotatable bonds is 5. The summed E-state index contributed by atoms with van der Waals surface area (Å²) < 4.78 is 5.79. The van der Waals surface area contributed by atoms with E-state index in [0.29, 0.717) is 12.2 Å². The first-order valence-corrected chi connectivity index (χ1v) is 12.5. The van der Waals surface area contributed by atoms with Gasteiger partial charge in [0, 0.05) is 28.3 Å². The molecule has 8 nitrogen and oxygen atoms in total. The lowest BCUT2D eigenvalue weighted by Crippen LogP contribution is -2.41. The highest BCUT2D eigenvalue weighted by molar-refractivity contribution is 7.13. The van der Waals surface area contributed by atoms with Gasteiger partial charge in [-0.2, -0.15) is 0 Å². The number of aromatic hydroxyl groups is 2. The monoisotopic (exact) mass is 516 g/mol. The Labute approximate surface area is 216 Å². The normalized spacial score (nSPS) is 19.6. The molecule has 2 aromatic carbocycles. The van der Waals surface area contributed by atoms with E-state index in [1.54, 1.807) is 13.8 Å². The molecule has 0 fully saturated rings. The van der Waals surface area contributed by atoms with Crippen LogP contribution >= 0.6 is 11.3 Å². The highest BCUT2D eigenvalue weighted by Crippen LogP contribution is 2.57. The summed E-state index contributed by atoms with van der Waals surface area (Å²) in [5.41, 5.74) is 0.475. The van der Waals surface area contributed by atoms with Crippen LogP contribution in [0.5, 0.6) is 17.2 Å². The fourth-order valence-corrected chi connectivity index (χ4v) is 5.60. The number of thiazole rings is 1. The van der Waals surface area contributed by atoms with Gasteiger partial charge in [-0.05, 0) is 27.7 Å². The molecule has 3 N–H and O–H groups in total. The molecule has 1 aromatic heterocycles. The molecule has 0 unspecified atom stereocenters. The van der Waals surface area contributed by atoms with Crippen LogP contribution in [0.2, 0.25) is 0 Å². The summed E-state index contributed by atoms with van der Waals surface area (Å²) in [6.07, 6.45) is 1.20. The van der Waals surface area contributed by atoms with Crippen molar-refractivity contribution in [3.05, 3.63) is 81.2 Å². The summed E-state index contributed by atoms with van der Waals surface area (Å²) in [7, 11) is 0. The minimum Gasteiger partial charge on any atom is -0.507 e. The second-order valence-electron chi connectivity index (χ2n) is 9.25. The van der Waals surface area contributed by atoms with Crippen molar-refractivity contribution in [3.8, 4) is 27.8 Å². The van der Waals surface area contributed by atoms with Crippen LogP contribution in [0.25, 0.3) is 10.6 Å². The van der Waals surface area contributed by atoms with Gasteiger partial charge in [0.25, 0.3) is 0 Å². The topological polar surface area (TPSA) is 126 Å². The number of Topliss-reactive ketones (excluding diaryl/α,β-unsaturated/α-hetero) is 2. The molecule has 0 spiro atoms. The van der Waals surface area contributed by atoms with Crippen molar-refractivity contribution in [2.45, 2.75) is 39.7 Å². The first kappa shape index (κ1) is 24.5. The van der Waals surface area contributed by atoms with Crippen molar-refractivity contribution in [1.82, 2.24) is 10.3 Å². The Morgan fingerprint density at radius 3 is 2.51 bits per heavy atom. The number of ether oxygens (including phenoxy) is 1. The summed E-state index contributed by atoms with van der Waals surface area (Å²) in [5, 5.41) is 27.3. The van der Waals surface area contributed by atoms with E-state index in [1.165, 1.54) is 31.3 Å². The summed E-state index contributed by atoms with van der Waals surface area (Å²) in [6, 6.07) is 9.77. The van der Waals surface area contributed by atoms with Crippen LogP contribution < -0.4 is 10.1 Å². The van der Waals surface area contributed by atoms with Crippen molar-refractivity contribution in [3.63, 3.8) is 0 Å². The minimum atomic E-state index is -1.55. The first-order valence-electron chi connectivity index (χ1n) is 11.6. The van der Waals surface area contributed by atoms with Crippen LogP contribution in [0.4, 0.5) is 0 Å². The number of allylic oxidation sites excluding steroid dienone is 4. The number of phenols is 2. The van der Waals surface area contributed by atoms with Crippen molar-refractivity contribution in [2.75, 3.05) is 0 Å². The molecule has 2 aliphatic rings. The highest BCUT2D eigenvalue weighted by Gasteiger charge is 2.56. The molecule has 0 saturated heterocycles. The summed E-state index contributed by atoms with van der Waals surface area (Å²) in [5.74, 6) is -2.50. The molecule has 0 saturated carbocycles. The summed E-state index contributed by atoms with van der Waals surface area (Å²) >= 11 is 1.50. The average Bonchev–Trinajstić information content (AvgIpc) is 3.45. The van der Waals surface area contributed by atoms with Crippen LogP contribution in [-0.2, 0) is 21.5 Å². The lowest BCUT2D eigenvalue weighted by Gasteiger charge is -2.29. The summed E-state index contributed by atoms with van der Waals surface area (Å²) in [4.78, 5) is 43.9. The van der Waals surface area contributed by atoms with E-state index in [4.69, 9.17) is 4.74 Å². The number of ketones is 3. The molecule has 5 rings (SSSR count). The second-order valence-corrected chi connectivity index (χ2v) is 10.1. The Morgan fingerprint density at radius 1 is 1.14 bits per heavy atom. The predicted molar refractivity (Wildman–Crippen MR) is 138 cm³/mol. The molecule has 1 atom stereocenters. The molecular formula is C28H24N2O6S. The standard InChI is InChI=1S/C28H24N2O6S/c1-13-23(33)21(15(3)31)25-22(24(13)34)28(4)19(36-25)10-18(32)20(26(28)35)14(2)29-11-17-12-37-27(30-17)16-8-6-5-7-9-16/h5-10,12,29,33-34H,11H2,1-4H3/b20-14+/t28-/m0/s1. The number of hydrogen-bond donors (Lipinski definition) is 3. The van der Waals surface area contributed by atoms with Gasteiger partial charge in [-0.25, -0.2) is 4.98 Å². The number of phenolic OH excluding ortho intramolecular Hbond substituents is 2. The average molecular weight is 517 g/mol. The maximum Gasteiger partial charge on any atom is 0.194 e. The van der Waals surface area contributed by atoms with E-state index in [9.17, 15) is 24.6 Å². The summed E-state index contributed by atoms with van der Waals surface area (Å²) in [6.45, 7) is 6.17. The molecule has 2 heterocycles. The molecule has 0 bridgehead atoms. The van der Waals surface area contributed by atoms with Crippen molar-refractivity contribution < 1.29 is 29.3 Å². The lowest BCUT2D eigenvalue weighted by atomic mass is 9.70. The molecule has 9 heteroatoms. The van der Waals surface area contributed by atoms with Gasteiger partial charge in [-0.15, -0.1) is 11.3 Å². The minimum absolute atomic E-state index is 0.00357. The SMILES string of the molecule is CC(=O)c1c(O)c(C)c(O)c2c1OC1=CC(=O)/C(=C(/C)NCc3csc(-c4ccccc4)n3)C(=O)[C@@]12C. The molecule has 1 aliphatic carbocycles. The Balaban J connectivity index is 1.51. The molecular weight excluding hydrogens is 492 g/mol. The third kappa shape index (κ3) is 3.65. The number of carbonyl (C=O) groups is 3. The maximum atomic E-state index is 13.9. The smallest absolute Gasteiger partial charge is 0.194 e. The first-order chi connectivity index (χ1) is 17.6. The van der Waals surface area contributed by atoms with Crippen LogP contribution in [-0.4, -0.2) is 32.5 Å². The van der Waals surface area contributed by atoms with Crippen molar-refractivity contribution in [1.29, 1.82) is 0 Å². The van der Waals surface area contributed by atoms with Crippen LogP contribution in [0.1, 0.15) is 48.0 Å². The Bertz CT molecular complexity index is 1570. The Morgan fingerprint density at radius 2 is 1.84 bits per heavy atom. The predicted octanol–water partition coefficient (Wildman–Crippen LogP) is 4.48. The lowest BCUT2D eigenvalue weighted by molar-refractivity contribution is -0.123. The van der Waals surface area contributed by atoms with Gasteiger partial charge < -0.3 is 20.3 Å². The quantitative estimate of drug-likeness (QED) is 0.257. The molecule has 1 aliphatic heterocycles. The number of carbonyl (C=O) groups excluding carboxylic acids is 3. The van der Waals surface area contributed by atoms with E-state index >= 15 is 0 Å². The molecule has 188 valence electrons. The van der Waals surface area contributed by atoms with Crippen LogP contribution in [0, 0.1) is 6.92 Å². The zero-order chi connectivity index (χ0) is 26.6. The molecule has 0 radical (unpaired) electrons. The van der Waals surface area contributed by atoms with Gasteiger partial charge in [0.15, 0.2) is 17.3 Å². The van der Waals surface area contributed by atoms with Gasteiger partial charge in [0.05, 0.1) is 23.4 Å². The largest absolute Gasteiger partial charge is 0.507 e. The highest BCUT2D eigenvalue weighted by atomic mass is 32.1. The van der Waals surface area contributed by atoms with E-state index in [2.05, 4.69) is 10.3 Å². The maximum absolute atomic E-state index is 13.9. The van der Waals surface area contributed by atoms with E-state index < -0.39 is 28.5 Å². The van der Waals surface area contributed by atoms with E-state index in [1.807, 2.05) is 35.7 Å². The zero-order valence-electron chi connectivity index (χ0n) is 20.6. The molecule has 37 heavy (non-hydrogen) atoms. The van der Waals surface area contributed by atoms with E-state index in [-0.39, 0.29) is 39.5 Å². The van der Waals surface area contributed by atoms with Crippen LogP contribution in [0.3, 0.4) is 0 Å². The number of nitrogens with zero attached hydrogens (tertiary/aromatic N) is 1. The van der Waals surface area contributed by atoms with E-state index in [0.717, 1.165) is 16.3 Å². The number of aromatic nitrogens is 1. The van der Waals surface area contributed by atoms with Crippen molar-refractivity contribution >= 4 is 28.7 Å². The molecule has 3 aromatic rings. The Kier molecular flexibility index (Phi) is 5.75. The van der Waals surface area contributed by atoms with Gasteiger partial charge in [-0.1, -0.05) is 30.3 Å². The van der Waals surface area contributed by atoms with Gasteiger partial charge in [-0.3, -0.25) is 14.4 Å². The third-order valence-corrected chi connectivity index (χ3v) is 7.81. The Hall–Kier alpha value is -4.24. The van der Waals surface area contributed by atoms with Crippen molar-refractivity contribution in [2.24, 2.45) is 0 Å². The number of benzene rings is 2. The zero-order valence-corrected chi connectivity index (χ0v) is 21.4.